The van der Waals surface area contributed by atoms with E-state index in [0.29, 0.717) is 6.61 Å². The van der Waals surface area contributed by atoms with Gasteiger partial charge in [0, 0.05) is 30.6 Å². The zero-order valence-electron chi connectivity index (χ0n) is 8.12. The van der Waals surface area contributed by atoms with E-state index >= 15 is 0 Å². The molecule has 0 aromatic carbocycles. The van der Waals surface area contributed by atoms with Crippen LogP contribution in [0.5, 0.6) is 0 Å². The Balaban J connectivity index is 2.58. The maximum absolute atomic E-state index is 6.14. The highest BCUT2D eigenvalue weighted by molar-refractivity contribution is 7.09. The van der Waals surface area contributed by atoms with Crippen molar-refractivity contribution in [3.63, 3.8) is 0 Å². The van der Waals surface area contributed by atoms with Gasteiger partial charge in [-0.1, -0.05) is 6.92 Å². The van der Waals surface area contributed by atoms with E-state index in [0.717, 1.165) is 17.8 Å². The molecule has 0 aliphatic rings. The number of hydrogen-bond donors (Lipinski definition) is 1. The molecule has 0 saturated carbocycles. The molecule has 13 heavy (non-hydrogen) atoms. The van der Waals surface area contributed by atoms with Crippen LogP contribution < -0.4 is 5.73 Å². The maximum atomic E-state index is 6.14. The van der Waals surface area contributed by atoms with Crippen molar-refractivity contribution in [2.45, 2.75) is 25.3 Å². The first-order chi connectivity index (χ1) is 6.20. The van der Waals surface area contributed by atoms with E-state index in [4.69, 9.17) is 10.5 Å². The van der Waals surface area contributed by atoms with Crippen LogP contribution in [0.1, 0.15) is 18.4 Å². The molecule has 0 bridgehead atoms. The second kappa shape index (κ2) is 4.69. The summed E-state index contributed by atoms with van der Waals surface area (Å²) in [6, 6.07) is 0. The van der Waals surface area contributed by atoms with Gasteiger partial charge in [0.25, 0.3) is 0 Å². The van der Waals surface area contributed by atoms with Gasteiger partial charge in [-0.3, -0.25) is 0 Å². The molecule has 0 amide bonds. The molecule has 1 atom stereocenters. The largest absolute Gasteiger partial charge is 0.383 e. The summed E-state index contributed by atoms with van der Waals surface area (Å²) >= 11 is 1.64. The predicted molar refractivity (Wildman–Crippen MR) is 54.9 cm³/mol. The van der Waals surface area contributed by atoms with Crippen molar-refractivity contribution < 1.29 is 4.74 Å². The molecule has 4 heteroatoms. The number of aromatic nitrogens is 1. The van der Waals surface area contributed by atoms with E-state index in [1.807, 2.05) is 11.6 Å². The van der Waals surface area contributed by atoms with Gasteiger partial charge >= 0.3 is 0 Å². The van der Waals surface area contributed by atoms with Gasteiger partial charge in [0.1, 0.15) is 0 Å². The highest BCUT2D eigenvalue weighted by atomic mass is 32.1. The molecule has 0 fully saturated rings. The fourth-order valence-corrected chi connectivity index (χ4v) is 1.98. The first-order valence-corrected chi connectivity index (χ1v) is 5.24. The zero-order chi connectivity index (χ0) is 9.73. The molecule has 3 nitrogen and oxygen atoms in total. The average molecular weight is 200 g/mol. The predicted octanol–water partition coefficient (Wildman–Crippen LogP) is 1.44. The van der Waals surface area contributed by atoms with Crippen molar-refractivity contribution in [1.29, 1.82) is 0 Å². The third-order valence-corrected chi connectivity index (χ3v) is 2.90. The number of rotatable bonds is 5. The summed E-state index contributed by atoms with van der Waals surface area (Å²) in [5.74, 6) is 0. The van der Waals surface area contributed by atoms with Gasteiger partial charge in [-0.25, -0.2) is 4.98 Å². The lowest BCUT2D eigenvalue weighted by atomic mass is 9.95. The van der Waals surface area contributed by atoms with Crippen LogP contribution in [0.25, 0.3) is 0 Å². The number of nitrogens with two attached hydrogens (primary N) is 1. The van der Waals surface area contributed by atoms with Crippen LogP contribution in [0.15, 0.2) is 11.6 Å². The van der Waals surface area contributed by atoms with Gasteiger partial charge < -0.3 is 10.5 Å². The molecule has 1 heterocycles. The Kier molecular flexibility index (Phi) is 3.84. The minimum Gasteiger partial charge on any atom is -0.383 e. The molecule has 1 unspecified atom stereocenters. The standard InChI is InChI=1S/C9H16N2OS/c1-3-9(10,7-12-2)6-8-11-4-5-13-8/h4-5H,3,6-7,10H2,1-2H3. The molecule has 0 saturated heterocycles. The van der Waals surface area contributed by atoms with Crippen molar-refractivity contribution in [2.24, 2.45) is 5.73 Å². The minimum atomic E-state index is -0.257. The van der Waals surface area contributed by atoms with Crippen LogP contribution in [0, 0.1) is 0 Å². The zero-order valence-corrected chi connectivity index (χ0v) is 8.93. The molecule has 2 N–H and O–H groups in total. The van der Waals surface area contributed by atoms with Crippen LogP contribution in [-0.4, -0.2) is 24.2 Å². The van der Waals surface area contributed by atoms with Crippen LogP contribution in [0.3, 0.4) is 0 Å². The van der Waals surface area contributed by atoms with Crippen molar-refractivity contribution >= 4 is 11.3 Å². The van der Waals surface area contributed by atoms with E-state index < -0.39 is 0 Å². The van der Waals surface area contributed by atoms with E-state index in [1.165, 1.54) is 0 Å². The van der Waals surface area contributed by atoms with Crippen LogP contribution >= 0.6 is 11.3 Å². The lowest BCUT2D eigenvalue weighted by molar-refractivity contribution is 0.129. The first-order valence-electron chi connectivity index (χ1n) is 4.36. The molecule has 0 aliphatic heterocycles. The van der Waals surface area contributed by atoms with E-state index in [9.17, 15) is 0 Å². The van der Waals surface area contributed by atoms with Crippen molar-refractivity contribution in [3.8, 4) is 0 Å². The van der Waals surface area contributed by atoms with Gasteiger partial charge in [0.05, 0.1) is 11.6 Å². The van der Waals surface area contributed by atoms with Crippen LogP contribution in [0.2, 0.25) is 0 Å². The fraction of sp³-hybridized carbons (Fsp3) is 0.667. The third kappa shape index (κ3) is 3.06. The van der Waals surface area contributed by atoms with Crippen molar-refractivity contribution in [2.75, 3.05) is 13.7 Å². The van der Waals surface area contributed by atoms with Crippen LogP contribution in [0.4, 0.5) is 0 Å². The van der Waals surface area contributed by atoms with Crippen molar-refractivity contribution in [3.05, 3.63) is 16.6 Å². The van der Waals surface area contributed by atoms with E-state index in [-0.39, 0.29) is 5.54 Å². The Labute approximate surface area is 82.9 Å². The SMILES string of the molecule is CCC(N)(COC)Cc1nccs1. The van der Waals surface area contributed by atoms with E-state index in [1.54, 1.807) is 18.4 Å². The first kappa shape index (κ1) is 10.6. The second-order valence-electron chi connectivity index (χ2n) is 3.25. The number of hydrogen-bond acceptors (Lipinski definition) is 4. The number of thiazole rings is 1. The molecule has 0 spiro atoms. The summed E-state index contributed by atoms with van der Waals surface area (Å²) in [7, 11) is 1.68. The van der Waals surface area contributed by atoms with Gasteiger partial charge in [-0.05, 0) is 6.42 Å². The molecule has 74 valence electrons. The number of methoxy groups -OCH3 is 1. The van der Waals surface area contributed by atoms with Gasteiger partial charge in [-0.2, -0.15) is 0 Å². The summed E-state index contributed by atoms with van der Waals surface area (Å²) in [5, 5.41) is 3.06. The average Bonchev–Trinajstić information content (AvgIpc) is 2.57. The Bertz CT molecular complexity index is 238. The highest BCUT2D eigenvalue weighted by Crippen LogP contribution is 2.16. The molecular formula is C9H16N2OS. The quantitative estimate of drug-likeness (QED) is 0.782. The Hall–Kier alpha value is -0.450. The summed E-state index contributed by atoms with van der Waals surface area (Å²) in [5.41, 5.74) is 5.88. The van der Waals surface area contributed by atoms with Crippen molar-refractivity contribution in [1.82, 2.24) is 4.98 Å². The normalized spacial score (nSPS) is 15.6. The Morgan fingerprint density at radius 2 is 2.46 bits per heavy atom. The molecular weight excluding hydrogens is 184 g/mol. The van der Waals surface area contributed by atoms with Gasteiger partial charge in [0.15, 0.2) is 0 Å². The fourth-order valence-electron chi connectivity index (χ4n) is 1.21. The third-order valence-electron chi connectivity index (χ3n) is 2.12. The monoisotopic (exact) mass is 200 g/mol. The minimum absolute atomic E-state index is 0.257. The Morgan fingerprint density at radius 1 is 1.69 bits per heavy atom. The summed E-state index contributed by atoms with van der Waals surface area (Å²) in [6.45, 7) is 2.66. The van der Waals surface area contributed by atoms with E-state index in [2.05, 4.69) is 11.9 Å². The molecule has 0 aliphatic carbocycles. The molecule has 1 aromatic heterocycles. The lowest BCUT2D eigenvalue weighted by Crippen LogP contribution is -2.45. The van der Waals surface area contributed by atoms with Gasteiger partial charge in [0.2, 0.25) is 0 Å². The summed E-state index contributed by atoms with van der Waals surface area (Å²) in [6.07, 6.45) is 3.51. The summed E-state index contributed by atoms with van der Waals surface area (Å²) < 4.78 is 5.10. The van der Waals surface area contributed by atoms with Gasteiger partial charge in [-0.15, -0.1) is 11.3 Å². The Morgan fingerprint density at radius 3 is 2.92 bits per heavy atom. The summed E-state index contributed by atoms with van der Waals surface area (Å²) in [4.78, 5) is 4.21. The molecule has 0 radical (unpaired) electrons. The molecule has 1 aromatic rings. The maximum Gasteiger partial charge on any atom is 0.0944 e. The highest BCUT2D eigenvalue weighted by Gasteiger charge is 2.24. The lowest BCUT2D eigenvalue weighted by Gasteiger charge is -2.25. The topological polar surface area (TPSA) is 48.1 Å². The number of ether oxygens (including phenoxy) is 1. The molecule has 1 rings (SSSR count). The smallest absolute Gasteiger partial charge is 0.0944 e. The second-order valence-corrected chi connectivity index (χ2v) is 4.23. The van der Waals surface area contributed by atoms with Crippen LogP contribution in [-0.2, 0) is 11.2 Å². The number of nitrogens with zero attached hydrogens (tertiary/aromatic N) is 1.